The average Bonchev–Trinajstić information content (AvgIpc) is 3.07. The SMILES string of the molecule is COc1ccc2c(c1)CCN2CCCOc1ccc(C(=O)O)cc1OC. The second-order valence-electron chi connectivity index (χ2n) is 6.10. The van der Waals surface area contributed by atoms with Gasteiger partial charge >= 0.3 is 5.97 Å². The minimum atomic E-state index is -0.987. The standard InChI is InChI=1S/C20H23NO5/c1-24-16-5-6-17-14(12-16)8-10-21(17)9-3-11-26-18-7-4-15(20(22)23)13-19(18)25-2/h4-7,12-13H,3,8-11H2,1-2H3,(H,22,23). The smallest absolute Gasteiger partial charge is 0.335 e. The highest BCUT2D eigenvalue weighted by atomic mass is 16.5. The van der Waals surface area contributed by atoms with Gasteiger partial charge in [-0.3, -0.25) is 0 Å². The predicted molar refractivity (Wildman–Crippen MR) is 99.0 cm³/mol. The quantitative estimate of drug-likeness (QED) is 0.732. The molecule has 0 unspecified atom stereocenters. The van der Waals surface area contributed by atoms with Crippen LogP contribution in [-0.4, -0.2) is 45.0 Å². The van der Waals surface area contributed by atoms with Crippen molar-refractivity contribution in [3.8, 4) is 17.2 Å². The van der Waals surface area contributed by atoms with Crippen LogP contribution >= 0.6 is 0 Å². The molecule has 0 fully saturated rings. The highest BCUT2D eigenvalue weighted by molar-refractivity contribution is 5.88. The third-order valence-electron chi connectivity index (χ3n) is 4.52. The summed E-state index contributed by atoms with van der Waals surface area (Å²) < 4.78 is 16.3. The van der Waals surface area contributed by atoms with Crippen LogP contribution in [0, 0.1) is 0 Å². The van der Waals surface area contributed by atoms with Gasteiger partial charge in [-0.15, -0.1) is 0 Å². The molecule has 1 N–H and O–H groups in total. The molecule has 0 spiro atoms. The summed E-state index contributed by atoms with van der Waals surface area (Å²) in [5.41, 5.74) is 2.75. The van der Waals surface area contributed by atoms with E-state index in [1.54, 1.807) is 13.2 Å². The van der Waals surface area contributed by atoms with Crippen LogP contribution in [0.15, 0.2) is 36.4 Å². The fourth-order valence-electron chi connectivity index (χ4n) is 3.16. The molecule has 1 heterocycles. The van der Waals surface area contributed by atoms with Crippen molar-refractivity contribution in [1.29, 1.82) is 0 Å². The van der Waals surface area contributed by atoms with E-state index in [0.717, 1.165) is 31.7 Å². The van der Waals surface area contributed by atoms with Gasteiger partial charge in [0, 0.05) is 18.8 Å². The van der Waals surface area contributed by atoms with Gasteiger partial charge in [0.15, 0.2) is 11.5 Å². The molecule has 0 bridgehead atoms. The molecule has 3 rings (SSSR count). The zero-order valence-corrected chi connectivity index (χ0v) is 15.0. The van der Waals surface area contributed by atoms with E-state index in [2.05, 4.69) is 17.0 Å². The first kappa shape index (κ1) is 17.9. The molecule has 0 saturated heterocycles. The number of rotatable bonds is 8. The van der Waals surface area contributed by atoms with Gasteiger partial charge in [0.25, 0.3) is 0 Å². The van der Waals surface area contributed by atoms with Crippen LogP contribution in [0.1, 0.15) is 22.3 Å². The topological polar surface area (TPSA) is 68.2 Å². The molecular weight excluding hydrogens is 334 g/mol. The molecule has 0 aromatic heterocycles. The van der Waals surface area contributed by atoms with Gasteiger partial charge in [0.1, 0.15) is 5.75 Å². The van der Waals surface area contributed by atoms with E-state index in [9.17, 15) is 4.79 Å². The number of carboxylic acid groups (broad SMARTS) is 1. The van der Waals surface area contributed by atoms with Gasteiger partial charge in [0.2, 0.25) is 0 Å². The molecule has 0 aliphatic carbocycles. The Bertz CT molecular complexity index is 790. The monoisotopic (exact) mass is 357 g/mol. The maximum atomic E-state index is 11.0. The maximum absolute atomic E-state index is 11.0. The summed E-state index contributed by atoms with van der Waals surface area (Å²) in [4.78, 5) is 13.4. The van der Waals surface area contributed by atoms with Crippen molar-refractivity contribution in [3.63, 3.8) is 0 Å². The second-order valence-corrected chi connectivity index (χ2v) is 6.10. The van der Waals surface area contributed by atoms with Gasteiger partial charge in [-0.05, 0) is 54.8 Å². The summed E-state index contributed by atoms with van der Waals surface area (Å²) in [6, 6.07) is 10.8. The van der Waals surface area contributed by atoms with Gasteiger partial charge in [0.05, 0.1) is 26.4 Å². The number of aromatic carboxylic acids is 1. The molecule has 0 saturated carbocycles. The Balaban J connectivity index is 1.53. The van der Waals surface area contributed by atoms with E-state index in [1.807, 2.05) is 6.07 Å². The number of hydrogen-bond acceptors (Lipinski definition) is 5. The Labute approximate surface area is 152 Å². The van der Waals surface area contributed by atoms with Crippen molar-refractivity contribution in [2.45, 2.75) is 12.8 Å². The molecule has 6 heteroatoms. The Kier molecular flexibility index (Phi) is 5.51. The predicted octanol–water partition coefficient (Wildman–Crippen LogP) is 3.23. The van der Waals surface area contributed by atoms with E-state index in [1.165, 1.54) is 30.5 Å². The van der Waals surface area contributed by atoms with Crippen molar-refractivity contribution in [2.24, 2.45) is 0 Å². The number of fused-ring (bicyclic) bond motifs is 1. The molecule has 1 aliphatic heterocycles. The molecule has 0 radical (unpaired) electrons. The molecular formula is C20H23NO5. The highest BCUT2D eigenvalue weighted by Crippen LogP contribution is 2.31. The zero-order valence-electron chi connectivity index (χ0n) is 15.0. The largest absolute Gasteiger partial charge is 0.497 e. The number of methoxy groups -OCH3 is 2. The molecule has 0 amide bonds. The molecule has 2 aromatic carbocycles. The Morgan fingerprint density at radius 1 is 1.12 bits per heavy atom. The number of nitrogens with zero attached hydrogens (tertiary/aromatic N) is 1. The summed E-state index contributed by atoms with van der Waals surface area (Å²) in [6.45, 7) is 2.43. The van der Waals surface area contributed by atoms with Crippen LogP contribution in [0.25, 0.3) is 0 Å². The maximum Gasteiger partial charge on any atom is 0.335 e. The number of ether oxygens (including phenoxy) is 3. The molecule has 0 atom stereocenters. The number of carboxylic acids is 1. The van der Waals surface area contributed by atoms with E-state index in [0.29, 0.717) is 18.1 Å². The third-order valence-corrected chi connectivity index (χ3v) is 4.52. The lowest BCUT2D eigenvalue weighted by molar-refractivity contribution is 0.0696. The number of anilines is 1. The number of carbonyl (C=O) groups is 1. The van der Waals surface area contributed by atoms with Crippen LogP contribution in [0.2, 0.25) is 0 Å². The van der Waals surface area contributed by atoms with Gasteiger partial charge < -0.3 is 24.2 Å². The first-order valence-corrected chi connectivity index (χ1v) is 8.58. The van der Waals surface area contributed by atoms with Crippen molar-refractivity contribution < 1.29 is 24.1 Å². The van der Waals surface area contributed by atoms with Crippen LogP contribution in [0.5, 0.6) is 17.2 Å². The Morgan fingerprint density at radius 2 is 1.96 bits per heavy atom. The first-order chi connectivity index (χ1) is 12.6. The second kappa shape index (κ2) is 7.99. The van der Waals surface area contributed by atoms with Crippen LogP contribution in [0.3, 0.4) is 0 Å². The van der Waals surface area contributed by atoms with Gasteiger partial charge in [-0.2, -0.15) is 0 Å². The fourth-order valence-corrected chi connectivity index (χ4v) is 3.16. The lowest BCUT2D eigenvalue weighted by atomic mass is 10.1. The Hall–Kier alpha value is -2.89. The van der Waals surface area contributed by atoms with Gasteiger partial charge in [-0.1, -0.05) is 0 Å². The third kappa shape index (κ3) is 3.85. The van der Waals surface area contributed by atoms with E-state index in [4.69, 9.17) is 19.3 Å². The fraction of sp³-hybridized carbons (Fsp3) is 0.350. The average molecular weight is 357 g/mol. The minimum absolute atomic E-state index is 0.179. The molecule has 1 aliphatic rings. The first-order valence-electron chi connectivity index (χ1n) is 8.58. The van der Waals surface area contributed by atoms with Crippen LogP contribution < -0.4 is 19.1 Å². The number of benzene rings is 2. The normalized spacial score (nSPS) is 12.6. The van der Waals surface area contributed by atoms with Crippen molar-refractivity contribution in [2.75, 3.05) is 38.8 Å². The summed E-state index contributed by atoms with van der Waals surface area (Å²) in [7, 11) is 3.19. The molecule has 6 nitrogen and oxygen atoms in total. The highest BCUT2D eigenvalue weighted by Gasteiger charge is 2.19. The van der Waals surface area contributed by atoms with Crippen molar-refractivity contribution in [3.05, 3.63) is 47.5 Å². The van der Waals surface area contributed by atoms with E-state index < -0.39 is 5.97 Å². The molecule has 2 aromatic rings. The van der Waals surface area contributed by atoms with E-state index in [-0.39, 0.29) is 5.56 Å². The molecule has 138 valence electrons. The summed E-state index contributed by atoms with van der Waals surface area (Å²) in [6.07, 6.45) is 1.88. The van der Waals surface area contributed by atoms with E-state index >= 15 is 0 Å². The minimum Gasteiger partial charge on any atom is -0.497 e. The van der Waals surface area contributed by atoms with Crippen LogP contribution in [0.4, 0.5) is 5.69 Å². The summed E-state index contributed by atoms with van der Waals surface area (Å²) in [5, 5.41) is 9.03. The van der Waals surface area contributed by atoms with Crippen molar-refractivity contribution in [1.82, 2.24) is 0 Å². The van der Waals surface area contributed by atoms with Crippen LogP contribution in [-0.2, 0) is 6.42 Å². The zero-order chi connectivity index (χ0) is 18.5. The Morgan fingerprint density at radius 3 is 2.69 bits per heavy atom. The van der Waals surface area contributed by atoms with Crippen molar-refractivity contribution >= 4 is 11.7 Å². The van der Waals surface area contributed by atoms with Gasteiger partial charge in [-0.25, -0.2) is 4.79 Å². The summed E-state index contributed by atoms with van der Waals surface area (Å²) >= 11 is 0. The lowest BCUT2D eigenvalue weighted by Crippen LogP contribution is -2.23. The summed E-state index contributed by atoms with van der Waals surface area (Å²) in [5.74, 6) is 0.901. The lowest BCUT2D eigenvalue weighted by Gasteiger charge is -2.20. The number of hydrogen-bond donors (Lipinski definition) is 1. The molecule has 26 heavy (non-hydrogen) atoms.